The molecule has 0 atom stereocenters. The fraction of sp³-hybridized carbons (Fsp3) is 0. The maximum atomic E-state index is 11.1. The lowest BCUT2D eigenvalue weighted by Gasteiger charge is -1.94. The molecule has 0 saturated carbocycles. The lowest BCUT2D eigenvalue weighted by atomic mass is 10.5. The van der Waals surface area contributed by atoms with Gasteiger partial charge in [0.15, 0.2) is 0 Å². The number of aromatic hydroxyl groups is 1. The Balaban J connectivity index is 3.09. The molecule has 0 bridgehead atoms. The Morgan fingerprint density at radius 2 is 2.33 bits per heavy atom. The Morgan fingerprint density at radius 1 is 1.58 bits per heavy atom. The van der Waals surface area contributed by atoms with Crippen molar-refractivity contribution in [1.82, 2.24) is 14.4 Å². The summed E-state index contributed by atoms with van der Waals surface area (Å²) in [6.07, 6.45) is 2.69. The minimum atomic E-state index is -0.470. The van der Waals surface area contributed by atoms with E-state index in [1.165, 1.54) is 12.4 Å². The standard InChI is InChI=1S/C6H6N4O2/c7-4-2-8-1-3-5(11)9-6(12)10(3)4/h1-2,11H,7H2,(H,9,12). The fourth-order valence-electron chi connectivity index (χ4n) is 1.05. The molecule has 0 saturated heterocycles. The summed E-state index contributed by atoms with van der Waals surface area (Å²) in [6.45, 7) is 0. The molecule has 0 aliphatic heterocycles. The third kappa shape index (κ3) is 0.685. The predicted octanol–water partition coefficient (Wildman–Crippen LogP) is -0.690. The van der Waals surface area contributed by atoms with Crippen LogP contribution in [0.25, 0.3) is 5.52 Å². The van der Waals surface area contributed by atoms with Crippen LogP contribution in [0.15, 0.2) is 17.2 Å². The van der Waals surface area contributed by atoms with E-state index in [1.807, 2.05) is 0 Å². The molecule has 2 aromatic rings. The highest BCUT2D eigenvalue weighted by atomic mass is 16.3. The number of aromatic nitrogens is 3. The monoisotopic (exact) mass is 166 g/mol. The number of imidazole rings is 1. The number of nitrogens with one attached hydrogen (secondary N) is 1. The van der Waals surface area contributed by atoms with Gasteiger partial charge in [-0.15, -0.1) is 0 Å². The molecule has 0 spiro atoms. The van der Waals surface area contributed by atoms with Gasteiger partial charge in [0.1, 0.15) is 11.3 Å². The number of aromatic amines is 1. The van der Waals surface area contributed by atoms with E-state index in [1.54, 1.807) is 0 Å². The average molecular weight is 166 g/mol. The topological polar surface area (TPSA) is 96.4 Å². The van der Waals surface area contributed by atoms with E-state index in [4.69, 9.17) is 10.8 Å². The SMILES string of the molecule is Nc1cncc2c(O)[nH]c(=O)n12. The van der Waals surface area contributed by atoms with Crippen LogP contribution >= 0.6 is 0 Å². The molecule has 6 heteroatoms. The molecule has 2 rings (SSSR count). The van der Waals surface area contributed by atoms with Gasteiger partial charge in [-0.05, 0) is 0 Å². The van der Waals surface area contributed by atoms with Crippen LogP contribution in [0.3, 0.4) is 0 Å². The number of hydrogen-bond donors (Lipinski definition) is 3. The Kier molecular flexibility index (Phi) is 1.12. The zero-order valence-electron chi connectivity index (χ0n) is 5.98. The van der Waals surface area contributed by atoms with Crippen molar-refractivity contribution in [3.05, 3.63) is 22.9 Å². The highest BCUT2D eigenvalue weighted by Gasteiger charge is 2.06. The molecule has 0 aromatic carbocycles. The van der Waals surface area contributed by atoms with Crippen LogP contribution in [-0.2, 0) is 0 Å². The fourth-order valence-corrected chi connectivity index (χ4v) is 1.05. The van der Waals surface area contributed by atoms with Gasteiger partial charge in [-0.1, -0.05) is 0 Å². The van der Waals surface area contributed by atoms with Crippen molar-refractivity contribution in [3.8, 4) is 5.88 Å². The average Bonchev–Trinajstić information content (AvgIpc) is 2.29. The summed E-state index contributed by atoms with van der Waals surface area (Å²) < 4.78 is 1.14. The summed E-state index contributed by atoms with van der Waals surface area (Å²) in [5, 5.41) is 9.14. The van der Waals surface area contributed by atoms with Gasteiger partial charge in [-0.2, -0.15) is 0 Å². The summed E-state index contributed by atoms with van der Waals surface area (Å²) in [4.78, 5) is 17.0. The molecule has 2 aromatic heterocycles. The molecule has 62 valence electrons. The zero-order valence-corrected chi connectivity index (χ0v) is 5.98. The highest BCUT2D eigenvalue weighted by Crippen LogP contribution is 2.13. The first kappa shape index (κ1) is 6.71. The first-order valence-corrected chi connectivity index (χ1v) is 3.23. The van der Waals surface area contributed by atoms with Crippen molar-refractivity contribution >= 4 is 11.3 Å². The minimum Gasteiger partial charge on any atom is -0.493 e. The third-order valence-corrected chi connectivity index (χ3v) is 1.57. The maximum absolute atomic E-state index is 11.1. The molecule has 12 heavy (non-hydrogen) atoms. The number of anilines is 1. The number of rotatable bonds is 0. The second kappa shape index (κ2) is 2.00. The summed E-state index contributed by atoms with van der Waals surface area (Å²) in [7, 11) is 0. The van der Waals surface area contributed by atoms with Gasteiger partial charge in [-0.3, -0.25) is 9.97 Å². The molecule has 0 amide bonds. The van der Waals surface area contributed by atoms with Gasteiger partial charge in [0.05, 0.1) is 12.4 Å². The van der Waals surface area contributed by atoms with Gasteiger partial charge in [0.2, 0.25) is 5.88 Å². The van der Waals surface area contributed by atoms with E-state index >= 15 is 0 Å². The third-order valence-electron chi connectivity index (χ3n) is 1.57. The van der Waals surface area contributed by atoms with Crippen molar-refractivity contribution < 1.29 is 5.11 Å². The quantitative estimate of drug-likeness (QED) is 0.482. The lowest BCUT2D eigenvalue weighted by Crippen LogP contribution is -2.12. The molecular weight excluding hydrogens is 160 g/mol. The van der Waals surface area contributed by atoms with E-state index in [2.05, 4.69) is 9.97 Å². The summed E-state index contributed by atoms with van der Waals surface area (Å²) in [5.74, 6) is -0.0335. The Bertz CT molecular complexity index is 484. The van der Waals surface area contributed by atoms with Crippen LogP contribution in [0.2, 0.25) is 0 Å². The summed E-state index contributed by atoms with van der Waals surface area (Å²) in [6, 6.07) is 0. The number of fused-ring (bicyclic) bond motifs is 1. The number of nitrogen functional groups attached to an aromatic ring is 1. The summed E-state index contributed by atoms with van der Waals surface area (Å²) in [5.41, 5.74) is 5.25. The molecule has 0 unspecified atom stereocenters. The summed E-state index contributed by atoms with van der Waals surface area (Å²) >= 11 is 0. The van der Waals surface area contributed by atoms with Gasteiger partial charge in [-0.25, -0.2) is 9.20 Å². The Hall–Kier alpha value is -1.98. The molecule has 0 fully saturated rings. The van der Waals surface area contributed by atoms with Gasteiger partial charge < -0.3 is 10.8 Å². The van der Waals surface area contributed by atoms with Crippen LogP contribution in [0, 0.1) is 0 Å². The molecular formula is C6H6N4O2. The van der Waals surface area contributed by atoms with Crippen molar-refractivity contribution in [2.24, 2.45) is 0 Å². The van der Waals surface area contributed by atoms with E-state index in [9.17, 15) is 4.79 Å². The van der Waals surface area contributed by atoms with E-state index < -0.39 is 5.69 Å². The molecule has 6 nitrogen and oxygen atoms in total. The van der Waals surface area contributed by atoms with E-state index in [0.717, 1.165) is 4.40 Å². The number of H-pyrrole nitrogens is 1. The van der Waals surface area contributed by atoms with Crippen molar-refractivity contribution in [2.75, 3.05) is 5.73 Å². The van der Waals surface area contributed by atoms with Crippen LogP contribution in [-0.4, -0.2) is 19.5 Å². The minimum absolute atomic E-state index is 0.189. The van der Waals surface area contributed by atoms with Crippen molar-refractivity contribution in [1.29, 1.82) is 0 Å². The van der Waals surface area contributed by atoms with Crippen LogP contribution in [0.1, 0.15) is 0 Å². The second-order valence-electron chi connectivity index (χ2n) is 2.33. The predicted molar refractivity (Wildman–Crippen MR) is 41.9 cm³/mol. The van der Waals surface area contributed by atoms with Crippen LogP contribution < -0.4 is 11.4 Å². The normalized spacial score (nSPS) is 10.7. The molecule has 0 radical (unpaired) electrons. The first-order valence-electron chi connectivity index (χ1n) is 3.23. The van der Waals surface area contributed by atoms with Gasteiger partial charge >= 0.3 is 5.69 Å². The van der Waals surface area contributed by atoms with Crippen molar-refractivity contribution in [3.63, 3.8) is 0 Å². The number of hydrogen-bond acceptors (Lipinski definition) is 4. The highest BCUT2D eigenvalue weighted by molar-refractivity contribution is 5.57. The lowest BCUT2D eigenvalue weighted by molar-refractivity contribution is 0.461. The van der Waals surface area contributed by atoms with Gasteiger partial charge in [0.25, 0.3) is 0 Å². The Morgan fingerprint density at radius 3 is 3.00 bits per heavy atom. The smallest absolute Gasteiger partial charge is 0.334 e. The number of nitrogens with zero attached hydrogens (tertiary/aromatic N) is 2. The number of nitrogens with two attached hydrogens (primary N) is 1. The van der Waals surface area contributed by atoms with E-state index in [-0.39, 0.29) is 17.2 Å². The first-order chi connectivity index (χ1) is 5.70. The van der Waals surface area contributed by atoms with Crippen LogP contribution in [0.5, 0.6) is 5.88 Å². The molecule has 0 aliphatic rings. The van der Waals surface area contributed by atoms with E-state index in [0.29, 0.717) is 0 Å². The van der Waals surface area contributed by atoms with Crippen LogP contribution in [0.4, 0.5) is 5.82 Å². The molecule has 0 aliphatic carbocycles. The molecule has 2 heterocycles. The second-order valence-corrected chi connectivity index (χ2v) is 2.33. The van der Waals surface area contributed by atoms with Crippen molar-refractivity contribution in [2.45, 2.75) is 0 Å². The maximum Gasteiger partial charge on any atom is 0.334 e. The zero-order chi connectivity index (χ0) is 8.72. The molecule has 4 N–H and O–H groups in total. The largest absolute Gasteiger partial charge is 0.493 e. The Labute approximate surface area is 66.3 Å². The van der Waals surface area contributed by atoms with Gasteiger partial charge in [0, 0.05) is 0 Å².